The molecule has 0 aromatic carbocycles. The monoisotopic (exact) mass is 346 g/mol. The van der Waals surface area contributed by atoms with Crippen LogP contribution < -0.4 is 10.5 Å². The zero-order valence-corrected chi connectivity index (χ0v) is 14.7. The largest absolute Gasteiger partial charge is 0.392 e. The summed E-state index contributed by atoms with van der Waals surface area (Å²) in [5, 5.41) is 0. The van der Waals surface area contributed by atoms with Crippen LogP contribution in [0.15, 0.2) is 16.3 Å². The number of nitrogens with one attached hydrogen (secondary N) is 1. The summed E-state index contributed by atoms with van der Waals surface area (Å²) in [5.74, 6) is 0. The molecule has 3 N–H and O–H groups in total. The molecule has 1 heterocycles. The molecule has 2 rings (SSSR count). The summed E-state index contributed by atoms with van der Waals surface area (Å²) in [6.07, 6.45) is 6.31. The van der Waals surface area contributed by atoms with Crippen molar-refractivity contribution in [2.24, 2.45) is 5.73 Å². The molecular formula is C14H22N2O2S3. The van der Waals surface area contributed by atoms with Crippen LogP contribution in [0.25, 0.3) is 0 Å². The van der Waals surface area contributed by atoms with E-state index >= 15 is 0 Å². The van der Waals surface area contributed by atoms with Gasteiger partial charge in [-0.2, -0.15) is 4.72 Å². The lowest BCUT2D eigenvalue weighted by Crippen LogP contribution is -2.56. The number of aryl methyl sites for hydroxylation is 1. The molecule has 1 saturated carbocycles. The molecule has 1 aliphatic rings. The normalized spacial score (nSPS) is 19.1. The van der Waals surface area contributed by atoms with Crippen LogP contribution in [0.5, 0.6) is 0 Å². The third-order valence-corrected chi connectivity index (χ3v) is 7.66. The Kier molecular flexibility index (Phi) is 5.40. The van der Waals surface area contributed by atoms with Crippen LogP contribution in [0.1, 0.15) is 50.3 Å². The van der Waals surface area contributed by atoms with E-state index in [1.807, 2.05) is 13.0 Å². The maximum atomic E-state index is 12.6. The molecule has 118 valence electrons. The number of nitrogens with two attached hydrogens (primary N) is 1. The molecule has 7 heteroatoms. The van der Waals surface area contributed by atoms with E-state index in [0.717, 1.165) is 37.0 Å². The smallest absolute Gasteiger partial charge is 0.250 e. The van der Waals surface area contributed by atoms with Crippen molar-refractivity contribution in [2.45, 2.75) is 61.6 Å². The average molecular weight is 347 g/mol. The van der Waals surface area contributed by atoms with Gasteiger partial charge in [-0.25, -0.2) is 8.42 Å². The molecule has 0 radical (unpaired) electrons. The molecular weight excluding hydrogens is 324 g/mol. The van der Waals surface area contributed by atoms with Gasteiger partial charge in [0.1, 0.15) is 4.21 Å². The van der Waals surface area contributed by atoms with Gasteiger partial charge in [0, 0.05) is 4.88 Å². The van der Waals surface area contributed by atoms with Gasteiger partial charge in [-0.15, -0.1) is 11.3 Å². The Labute approximate surface area is 136 Å². The zero-order chi connectivity index (χ0) is 15.5. The van der Waals surface area contributed by atoms with E-state index in [1.54, 1.807) is 6.07 Å². The fourth-order valence-electron chi connectivity index (χ4n) is 2.73. The highest BCUT2D eigenvalue weighted by Crippen LogP contribution is 2.31. The minimum Gasteiger partial charge on any atom is -0.392 e. The summed E-state index contributed by atoms with van der Waals surface area (Å²) in [7, 11) is -3.57. The van der Waals surface area contributed by atoms with Crippen molar-refractivity contribution in [3.8, 4) is 0 Å². The van der Waals surface area contributed by atoms with E-state index in [9.17, 15) is 8.42 Å². The van der Waals surface area contributed by atoms with Crippen LogP contribution >= 0.6 is 23.6 Å². The van der Waals surface area contributed by atoms with Gasteiger partial charge < -0.3 is 5.73 Å². The third-order valence-electron chi connectivity index (χ3n) is 4.01. The average Bonchev–Trinajstić information content (AvgIpc) is 2.80. The second kappa shape index (κ2) is 6.73. The number of thiophene rings is 1. The summed E-state index contributed by atoms with van der Waals surface area (Å²) in [5.41, 5.74) is 5.13. The van der Waals surface area contributed by atoms with Gasteiger partial charge in [-0.1, -0.05) is 44.8 Å². The van der Waals surface area contributed by atoms with Gasteiger partial charge in [0.2, 0.25) is 0 Å². The number of hydrogen-bond acceptors (Lipinski definition) is 4. The minimum absolute atomic E-state index is 0.264. The van der Waals surface area contributed by atoms with Crippen molar-refractivity contribution >= 4 is 38.6 Å². The Balaban J connectivity index is 2.28. The first kappa shape index (κ1) is 16.9. The maximum absolute atomic E-state index is 12.6. The van der Waals surface area contributed by atoms with E-state index in [4.69, 9.17) is 18.0 Å². The number of thiocarbonyl (C=S) groups is 1. The summed E-state index contributed by atoms with van der Waals surface area (Å²) >= 11 is 6.50. The predicted octanol–water partition coefficient (Wildman–Crippen LogP) is 2.97. The van der Waals surface area contributed by atoms with Gasteiger partial charge in [0.25, 0.3) is 10.0 Å². The van der Waals surface area contributed by atoms with Crippen molar-refractivity contribution in [3.63, 3.8) is 0 Å². The van der Waals surface area contributed by atoms with Crippen LogP contribution in [0.2, 0.25) is 0 Å². The molecule has 0 aliphatic heterocycles. The van der Waals surface area contributed by atoms with E-state index in [0.29, 0.717) is 17.1 Å². The highest BCUT2D eigenvalue weighted by Gasteiger charge is 2.38. The van der Waals surface area contributed by atoms with Crippen molar-refractivity contribution in [3.05, 3.63) is 17.0 Å². The first-order valence-electron chi connectivity index (χ1n) is 7.32. The Morgan fingerprint density at radius 3 is 2.43 bits per heavy atom. The summed E-state index contributed by atoms with van der Waals surface area (Å²) in [6, 6.07) is 3.52. The van der Waals surface area contributed by atoms with Crippen molar-refractivity contribution in [1.29, 1.82) is 0 Å². The minimum atomic E-state index is -3.57. The van der Waals surface area contributed by atoms with Crippen LogP contribution in [0.3, 0.4) is 0 Å². The van der Waals surface area contributed by atoms with Crippen molar-refractivity contribution in [1.82, 2.24) is 4.72 Å². The first-order chi connectivity index (χ1) is 9.89. The highest BCUT2D eigenvalue weighted by molar-refractivity contribution is 7.91. The molecule has 1 aromatic rings. The molecule has 21 heavy (non-hydrogen) atoms. The van der Waals surface area contributed by atoms with Gasteiger partial charge >= 0.3 is 0 Å². The van der Waals surface area contributed by atoms with Gasteiger partial charge in [-0.3, -0.25) is 0 Å². The van der Waals surface area contributed by atoms with Gasteiger partial charge in [-0.05, 0) is 31.4 Å². The molecule has 0 amide bonds. The molecule has 0 unspecified atom stereocenters. The molecule has 1 aromatic heterocycles. The van der Waals surface area contributed by atoms with Crippen molar-refractivity contribution in [2.75, 3.05) is 0 Å². The molecule has 1 aliphatic carbocycles. The number of rotatable bonds is 5. The van der Waals surface area contributed by atoms with Crippen LogP contribution in [-0.4, -0.2) is 18.9 Å². The van der Waals surface area contributed by atoms with E-state index in [1.165, 1.54) is 11.3 Å². The van der Waals surface area contributed by atoms with Crippen LogP contribution in [0.4, 0.5) is 0 Å². The predicted molar refractivity (Wildman–Crippen MR) is 91.2 cm³/mol. The fourth-order valence-corrected chi connectivity index (χ4v) is 5.79. The topological polar surface area (TPSA) is 72.2 Å². The van der Waals surface area contributed by atoms with E-state index in [-0.39, 0.29) is 4.99 Å². The first-order valence-corrected chi connectivity index (χ1v) is 10.0. The van der Waals surface area contributed by atoms with E-state index < -0.39 is 15.6 Å². The van der Waals surface area contributed by atoms with Crippen LogP contribution in [-0.2, 0) is 16.4 Å². The molecule has 0 atom stereocenters. The molecule has 4 nitrogen and oxygen atoms in total. The standard InChI is InChI=1S/C14H22N2O2S3/c1-2-11-7-8-12(20-11)21(17,18)16-14(13(15)19)9-5-3-4-6-10-14/h7-8,16H,2-6,9-10H2,1H3,(H2,15,19). The Hall–Kier alpha value is -0.500. The second-order valence-electron chi connectivity index (χ2n) is 5.54. The lowest BCUT2D eigenvalue weighted by atomic mass is 9.91. The fraction of sp³-hybridized carbons (Fsp3) is 0.643. The summed E-state index contributed by atoms with van der Waals surface area (Å²) in [6.45, 7) is 2.01. The lowest BCUT2D eigenvalue weighted by molar-refractivity contribution is 0.441. The Bertz CT molecular complexity index is 599. The SMILES string of the molecule is CCc1ccc(S(=O)(=O)NC2(C(N)=S)CCCCCC2)s1. The summed E-state index contributed by atoms with van der Waals surface area (Å²) < 4.78 is 28.4. The molecule has 0 spiro atoms. The Morgan fingerprint density at radius 2 is 1.95 bits per heavy atom. The number of sulfonamides is 1. The van der Waals surface area contributed by atoms with Gasteiger partial charge in [0.05, 0.1) is 10.5 Å². The second-order valence-corrected chi connectivity index (χ2v) is 9.06. The maximum Gasteiger partial charge on any atom is 0.250 e. The third kappa shape index (κ3) is 3.83. The number of hydrogen-bond donors (Lipinski definition) is 2. The molecule has 0 bridgehead atoms. The van der Waals surface area contributed by atoms with Crippen LogP contribution in [0, 0.1) is 0 Å². The molecule has 0 saturated heterocycles. The summed E-state index contributed by atoms with van der Waals surface area (Å²) in [4.78, 5) is 1.32. The van der Waals surface area contributed by atoms with Gasteiger partial charge in [0.15, 0.2) is 0 Å². The lowest BCUT2D eigenvalue weighted by Gasteiger charge is -2.32. The Morgan fingerprint density at radius 1 is 1.33 bits per heavy atom. The highest BCUT2D eigenvalue weighted by atomic mass is 32.2. The zero-order valence-electron chi connectivity index (χ0n) is 12.2. The van der Waals surface area contributed by atoms with E-state index in [2.05, 4.69) is 4.72 Å². The quantitative estimate of drug-likeness (QED) is 0.635. The van der Waals surface area contributed by atoms with Crippen molar-refractivity contribution < 1.29 is 8.42 Å². The molecule has 1 fully saturated rings.